The Balaban J connectivity index is 0.00000533. The SMILES string of the molecule is CCOc1c(CC[NH+](CCOC(=O)Nc2ccccc2)CCOC(=O)Nc2ccccc2)cccc1OC.[Cl-]. The van der Waals surface area contributed by atoms with E-state index in [2.05, 4.69) is 10.6 Å². The quantitative estimate of drug-likeness (QED) is 0.274. The minimum Gasteiger partial charge on any atom is -1.00 e. The average Bonchev–Trinajstić information content (AvgIpc) is 2.93. The van der Waals surface area contributed by atoms with Crippen LogP contribution in [-0.4, -0.2) is 58.8 Å². The smallest absolute Gasteiger partial charge is 0.411 e. The van der Waals surface area contributed by atoms with Gasteiger partial charge in [0.2, 0.25) is 0 Å². The van der Waals surface area contributed by atoms with Crippen molar-refractivity contribution in [1.29, 1.82) is 0 Å². The summed E-state index contributed by atoms with van der Waals surface area (Å²) in [5.74, 6) is 1.42. The van der Waals surface area contributed by atoms with Crippen LogP contribution >= 0.6 is 0 Å². The van der Waals surface area contributed by atoms with Crippen LogP contribution in [0.25, 0.3) is 0 Å². The van der Waals surface area contributed by atoms with E-state index in [-0.39, 0.29) is 25.6 Å². The highest BCUT2D eigenvalue weighted by Crippen LogP contribution is 2.31. The molecule has 0 spiro atoms. The van der Waals surface area contributed by atoms with Crippen molar-refractivity contribution in [2.75, 3.05) is 57.2 Å². The Hall–Kier alpha value is -3.95. The molecule has 3 aromatic carbocycles. The minimum atomic E-state index is -0.513. The van der Waals surface area contributed by atoms with Crippen molar-refractivity contribution in [3.63, 3.8) is 0 Å². The average molecular weight is 558 g/mol. The summed E-state index contributed by atoms with van der Waals surface area (Å²) < 4.78 is 22.1. The zero-order valence-electron chi connectivity index (χ0n) is 22.3. The Morgan fingerprint density at radius 1 is 0.744 bits per heavy atom. The second-order valence-electron chi connectivity index (χ2n) is 8.39. The molecule has 0 unspecified atom stereocenters. The van der Waals surface area contributed by atoms with Crippen molar-refractivity contribution in [3.8, 4) is 11.5 Å². The van der Waals surface area contributed by atoms with Gasteiger partial charge in [-0.2, -0.15) is 0 Å². The van der Waals surface area contributed by atoms with Crippen molar-refractivity contribution in [2.24, 2.45) is 0 Å². The standard InChI is InChI=1S/C29H35N3O6.ClH/c1-3-36-27-23(11-10-16-26(27)35-2)17-18-32(19-21-37-28(33)30-24-12-6-4-7-13-24)20-22-38-29(34)31-25-14-8-5-9-15-25;/h4-16H,3,17-22H2,1-2H3,(H,30,33)(H,31,34);1H. The van der Waals surface area contributed by atoms with Gasteiger partial charge in [-0.3, -0.25) is 10.6 Å². The van der Waals surface area contributed by atoms with E-state index in [1.807, 2.05) is 61.5 Å². The number of halogens is 1. The molecule has 10 heteroatoms. The van der Waals surface area contributed by atoms with Crippen LogP contribution in [0.1, 0.15) is 12.5 Å². The van der Waals surface area contributed by atoms with Crippen LogP contribution in [0.2, 0.25) is 0 Å². The van der Waals surface area contributed by atoms with E-state index in [0.717, 1.165) is 16.2 Å². The molecule has 0 atom stereocenters. The minimum absolute atomic E-state index is 0. The summed E-state index contributed by atoms with van der Waals surface area (Å²) in [5.41, 5.74) is 2.36. The third-order valence-electron chi connectivity index (χ3n) is 5.73. The Kier molecular flexibility index (Phi) is 14.1. The fraction of sp³-hybridized carbons (Fsp3) is 0.310. The van der Waals surface area contributed by atoms with Crippen LogP contribution in [0.3, 0.4) is 0 Å². The van der Waals surface area contributed by atoms with Gasteiger partial charge in [-0.1, -0.05) is 48.5 Å². The zero-order chi connectivity index (χ0) is 27.0. The summed E-state index contributed by atoms with van der Waals surface area (Å²) in [7, 11) is 1.62. The molecule has 0 aliphatic rings. The lowest BCUT2D eigenvalue weighted by molar-refractivity contribution is -0.900. The molecule has 0 aliphatic carbocycles. The summed E-state index contributed by atoms with van der Waals surface area (Å²) in [5, 5.41) is 5.42. The number of rotatable bonds is 14. The molecule has 0 radical (unpaired) electrons. The molecule has 0 aliphatic heterocycles. The van der Waals surface area contributed by atoms with Gasteiger partial charge in [0.15, 0.2) is 11.5 Å². The van der Waals surface area contributed by atoms with Crippen LogP contribution in [0.15, 0.2) is 78.9 Å². The third-order valence-corrected chi connectivity index (χ3v) is 5.73. The first-order valence-corrected chi connectivity index (χ1v) is 12.7. The van der Waals surface area contributed by atoms with Gasteiger partial charge in [-0.15, -0.1) is 0 Å². The number of nitrogens with one attached hydrogen (secondary N) is 3. The maximum Gasteiger partial charge on any atom is 0.411 e. The molecule has 3 rings (SSSR count). The van der Waals surface area contributed by atoms with Gasteiger partial charge in [-0.25, -0.2) is 9.59 Å². The van der Waals surface area contributed by atoms with Crippen LogP contribution in [-0.2, 0) is 15.9 Å². The highest BCUT2D eigenvalue weighted by molar-refractivity contribution is 5.84. The number of para-hydroxylation sites is 3. The van der Waals surface area contributed by atoms with Crippen molar-refractivity contribution in [2.45, 2.75) is 13.3 Å². The molecule has 0 aromatic heterocycles. The van der Waals surface area contributed by atoms with Crippen LogP contribution in [0.5, 0.6) is 11.5 Å². The Morgan fingerprint density at radius 3 is 1.77 bits per heavy atom. The Morgan fingerprint density at radius 2 is 1.28 bits per heavy atom. The molecule has 39 heavy (non-hydrogen) atoms. The lowest BCUT2D eigenvalue weighted by Crippen LogP contribution is -3.13. The summed E-state index contributed by atoms with van der Waals surface area (Å²) in [6.45, 7) is 4.67. The van der Waals surface area contributed by atoms with E-state index >= 15 is 0 Å². The number of anilines is 2. The maximum absolute atomic E-state index is 12.2. The predicted molar refractivity (Wildman–Crippen MR) is 146 cm³/mol. The summed E-state index contributed by atoms with van der Waals surface area (Å²) in [6.07, 6.45) is -0.324. The molecule has 0 heterocycles. The number of hydrogen-bond acceptors (Lipinski definition) is 6. The van der Waals surface area contributed by atoms with Gasteiger partial charge in [0, 0.05) is 23.4 Å². The molecular weight excluding hydrogens is 522 g/mol. The predicted octanol–water partition coefficient (Wildman–Crippen LogP) is 1.02. The van der Waals surface area contributed by atoms with E-state index in [9.17, 15) is 9.59 Å². The number of carbonyl (C=O) groups excluding carboxylic acids is 2. The van der Waals surface area contributed by atoms with Gasteiger partial charge in [0.1, 0.15) is 26.3 Å². The second kappa shape index (κ2) is 17.5. The van der Waals surface area contributed by atoms with Crippen molar-refractivity contribution < 1.29 is 45.8 Å². The fourth-order valence-electron chi connectivity index (χ4n) is 3.84. The van der Waals surface area contributed by atoms with Crippen LogP contribution in [0, 0.1) is 0 Å². The lowest BCUT2D eigenvalue weighted by Gasteiger charge is -2.21. The highest BCUT2D eigenvalue weighted by atomic mass is 35.5. The number of ether oxygens (including phenoxy) is 4. The molecule has 210 valence electrons. The van der Waals surface area contributed by atoms with Gasteiger partial charge in [0.25, 0.3) is 0 Å². The summed E-state index contributed by atoms with van der Waals surface area (Å²) in [6, 6.07) is 24.1. The highest BCUT2D eigenvalue weighted by Gasteiger charge is 2.16. The molecular formula is C29H36ClN3O6. The zero-order valence-corrected chi connectivity index (χ0v) is 23.0. The summed E-state index contributed by atoms with van der Waals surface area (Å²) in [4.78, 5) is 25.5. The Bertz CT molecular complexity index is 1070. The number of hydrogen-bond donors (Lipinski definition) is 3. The summed E-state index contributed by atoms with van der Waals surface area (Å²) >= 11 is 0. The lowest BCUT2D eigenvalue weighted by atomic mass is 10.1. The molecule has 0 fully saturated rings. The molecule has 3 N–H and O–H groups in total. The number of benzene rings is 3. The van der Waals surface area contributed by atoms with E-state index < -0.39 is 12.2 Å². The van der Waals surface area contributed by atoms with Crippen molar-refractivity contribution in [3.05, 3.63) is 84.4 Å². The number of quaternary nitrogens is 1. The van der Waals surface area contributed by atoms with Gasteiger partial charge in [-0.05, 0) is 37.3 Å². The fourth-order valence-corrected chi connectivity index (χ4v) is 3.84. The van der Waals surface area contributed by atoms with Gasteiger partial charge >= 0.3 is 12.2 Å². The molecule has 3 aromatic rings. The van der Waals surface area contributed by atoms with Crippen LogP contribution < -0.4 is 37.4 Å². The number of methoxy groups -OCH3 is 1. The maximum atomic E-state index is 12.2. The molecule has 2 amide bonds. The first-order chi connectivity index (χ1) is 18.6. The van der Waals surface area contributed by atoms with Gasteiger partial charge < -0.3 is 36.3 Å². The van der Waals surface area contributed by atoms with E-state index in [4.69, 9.17) is 18.9 Å². The second-order valence-corrected chi connectivity index (χ2v) is 8.39. The topological polar surface area (TPSA) is 99.6 Å². The third kappa shape index (κ3) is 11.1. The van der Waals surface area contributed by atoms with Crippen molar-refractivity contribution in [1.82, 2.24) is 0 Å². The first-order valence-electron chi connectivity index (χ1n) is 12.7. The molecule has 9 nitrogen and oxygen atoms in total. The number of carbonyl (C=O) groups is 2. The van der Waals surface area contributed by atoms with E-state index in [1.54, 1.807) is 31.4 Å². The first kappa shape index (κ1) is 31.3. The van der Waals surface area contributed by atoms with Crippen LogP contribution in [0.4, 0.5) is 21.0 Å². The van der Waals surface area contributed by atoms with Gasteiger partial charge in [0.05, 0.1) is 20.3 Å². The molecule has 0 saturated carbocycles. The largest absolute Gasteiger partial charge is 1.00 e. The molecule has 0 bridgehead atoms. The van der Waals surface area contributed by atoms with Crippen molar-refractivity contribution >= 4 is 23.6 Å². The normalized spacial score (nSPS) is 10.2. The van der Waals surface area contributed by atoms with E-state index in [0.29, 0.717) is 49.8 Å². The Labute approximate surface area is 235 Å². The molecule has 0 saturated heterocycles. The number of amides is 2. The van der Waals surface area contributed by atoms with E-state index in [1.165, 1.54) is 0 Å². The monoisotopic (exact) mass is 557 g/mol.